The smallest absolute Gasteiger partial charge is 0.265 e. The molecular formula is C18H20NO3S3+. The topological polar surface area (TPSA) is 58.2 Å². The molecule has 0 amide bonds. The Morgan fingerprint density at radius 2 is 2.04 bits per heavy atom. The molecule has 0 spiro atoms. The highest BCUT2D eigenvalue weighted by Crippen LogP contribution is 2.30. The average molecular weight is 395 g/mol. The van der Waals surface area contributed by atoms with E-state index in [4.69, 9.17) is 4.55 Å². The van der Waals surface area contributed by atoms with Gasteiger partial charge in [0, 0.05) is 12.5 Å². The number of aromatic nitrogens is 1. The summed E-state index contributed by atoms with van der Waals surface area (Å²) in [4.78, 5) is 1.19. The Bertz CT molecular complexity index is 1050. The van der Waals surface area contributed by atoms with Crippen LogP contribution < -0.4 is 4.57 Å². The summed E-state index contributed by atoms with van der Waals surface area (Å²) in [6.45, 7) is 2.61. The molecule has 0 radical (unpaired) electrons. The molecule has 25 heavy (non-hydrogen) atoms. The summed E-state index contributed by atoms with van der Waals surface area (Å²) in [7, 11) is -3.94. The van der Waals surface area contributed by atoms with Gasteiger partial charge < -0.3 is 0 Å². The van der Waals surface area contributed by atoms with E-state index >= 15 is 0 Å². The molecule has 0 bridgehead atoms. The molecule has 0 atom stereocenters. The molecule has 7 heteroatoms. The summed E-state index contributed by atoms with van der Waals surface area (Å²) in [6, 6.07) is 12.4. The number of rotatable bonds is 6. The van der Waals surface area contributed by atoms with Crippen molar-refractivity contribution in [2.24, 2.45) is 0 Å². The Balaban J connectivity index is 2.17. The molecule has 132 valence electrons. The van der Waals surface area contributed by atoms with E-state index in [-0.39, 0.29) is 5.75 Å². The van der Waals surface area contributed by atoms with Crippen molar-refractivity contribution in [2.75, 3.05) is 12.0 Å². The van der Waals surface area contributed by atoms with E-state index in [1.807, 2.05) is 18.4 Å². The van der Waals surface area contributed by atoms with Crippen LogP contribution in [0.15, 0.2) is 41.3 Å². The molecule has 0 aliphatic rings. The van der Waals surface area contributed by atoms with Gasteiger partial charge in [-0.2, -0.15) is 13.0 Å². The first-order chi connectivity index (χ1) is 11.9. The van der Waals surface area contributed by atoms with Crippen LogP contribution in [0.2, 0.25) is 0 Å². The molecule has 3 rings (SSSR count). The predicted octanol–water partition coefficient (Wildman–Crippen LogP) is 4.34. The van der Waals surface area contributed by atoms with Gasteiger partial charge in [-0.15, -0.1) is 11.8 Å². The highest BCUT2D eigenvalue weighted by Gasteiger charge is 2.22. The van der Waals surface area contributed by atoms with Gasteiger partial charge in [0.15, 0.2) is 6.54 Å². The Kier molecular flexibility index (Phi) is 5.48. The molecule has 1 aromatic heterocycles. The summed E-state index contributed by atoms with van der Waals surface area (Å²) < 4.78 is 34.5. The molecule has 1 heterocycles. The van der Waals surface area contributed by atoms with Gasteiger partial charge in [-0.1, -0.05) is 35.6 Å². The Hall–Kier alpha value is -1.41. The van der Waals surface area contributed by atoms with Crippen LogP contribution in [0.1, 0.15) is 18.4 Å². The number of allylic oxidation sites excluding steroid dienone is 1. The fraction of sp³-hybridized carbons (Fsp3) is 0.278. The van der Waals surface area contributed by atoms with Crippen molar-refractivity contribution in [1.82, 2.24) is 0 Å². The molecular weight excluding hydrogens is 374 g/mol. The molecule has 0 unspecified atom stereocenters. The molecule has 1 N–H and O–H groups in total. The number of aryl methyl sites for hydroxylation is 1. The number of thioether (sulfide) groups is 1. The molecule has 0 aliphatic carbocycles. The third-order valence-corrected chi connectivity index (χ3v) is 6.71. The van der Waals surface area contributed by atoms with Crippen molar-refractivity contribution in [2.45, 2.75) is 19.9 Å². The maximum absolute atomic E-state index is 11.1. The van der Waals surface area contributed by atoms with E-state index in [2.05, 4.69) is 41.8 Å². The fourth-order valence-corrected chi connectivity index (χ4v) is 4.85. The van der Waals surface area contributed by atoms with Crippen LogP contribution >= 0.6 is 23.1 Å². The third kappa shape index (κ3) is 4.23. The van der Waals surface area contributed by atoms with Gasteiger partial charge in [0.2, 0.25) is 5.52 Å². The molecule has 2 aromatic carbocycles. The quantitative estimate of drug-likeness (QED) is 0.499. The van der Waals surface area contributed by atoms with Crippen molar-refractivity contribution < 1.29 is 17.5 Å². The lowest BCUT2D eigenvalue weighted by Crippen LogP contribution is -2.36. The van der Waals surface area contributed by atoms with Crippen LogP contribution in [-0.4, -0.2) is 25.0 Å². The lowest BCUT2D eigenvalue weighted by atomic mass is 10.1. The third-order valence-electron chi connectivity index (χ3n) is 4.05. The minimum absolute atomic E-state index is 0.229. The van der Waals surface area contributed by atoms with E-state index < -0.39 is 10.1 Å². The summed E-state index contributed by atoms with van der Waals surface area (Å²) in [5.74, 6) is -0.229. The summed E-state index contributed by atoms with van der Waals surface area (Å²) in [5.41, 5.74) is 1.12. The van der Waals surface area contributed by atoms with Crippen molar-refractivity contribution in [3.63, 3.8) is 0 Å². The van der Waals surface area contributed by atoms with Crippen LogP contribution in [0.5, 0.6) is 0 Å². The van der Waals surface area contributed by atoms with E-state index in [0.29, 0.717) is 13.0 Å². The van der Waals surface area contributed by atoms with Crippen LogP contribution in [0.4, 0.5) is 0 Å². The van der Waals surface area contributed by atoms with Crippen LogP contribution in [0.3, 0.4) is 0 Å². The van der Waals surface area contributed by atoms with Gasteiger partial charge >= 0.3 is 0 Å². The van der Waals surface area contributed by atoms with Gasteiger partial charge in [-0.3, -0.25) is 4.55 Å². The van der Waals surface area contributed by atoms with Crippen LogP contribution in [-0.2, 0) is 16.7 Å². The zero-order chi connectivity index (χ0) is 18.0. The Morgan fingerprint density at radius 1 is 1.28 bits per heavy atom. The van der Waals surface area contributed by atoms with Crippen molar-refractivity contribution in [3.05, 3.63) is 46.3 Å². The largest absolute Gasteiger partial charge is 0.286 e. The molecule has 4 nitrogen and oxygen atoms in total. The van der Waals surface area contributed by atoms with Gasteiger partial charge in [0.25, 0.3) is 15.1 Å². The first kappa shape index (κ1) is 18.4. The van der Waals surface area contributed by atoms with E-state index in [1.54, 1.807) is 23.1 Å². The fourth-order valence-electron chi connectivity index (χ4n) is 2.84. The maximum atomic E-state index is 11.1. The zero-order valence-electron chi connectivity index (χ0n) is 14.1. The lowest BCUT2D eigenvalue weighted by Gasteiger charge is -2.01. The number of nitrogens with zero attached hydrogens (tertiary/aromatic N) is 1. The SMILES string of the molecule is CS/C(C)=C\c1sc2ccc3ccccc3c2[n+]1CCCS(=O)(=O)O. The van der Waals surface area contributed by atoms with Gasteiger partial charge in [0.05, 0.1) is 11.1 Å². The van der Waals surface area contributed by atoms with Crippen molar-refractivity contribution in [1.29, 1.82) is 0 Å². The van der Waals surface area contributed by atoms with Crippen molar-refractivity contribution in [3.8, 4) is 0 Å². The monoisotopic (exact) mass is 394 g/mol. The predicted molar refractivity (Wildman–Crippen MR) is 108 cm³/mol. The first-order valence-corrected chi connectivity index (χ1v) is 11.6. The first-order valence-electron chi connectivity index (χ1n) is 7.90. The number of hydrogen-bond acceptors (Lipinski definition) is 4. The Labute approximate surface area is 155 Å². The normalized spacial score (nSPS) is 13.0. The van der Waals surface area contributed by atoms with E-state index in [1.165, 1.54) is 9.61 Å². The lowest BCUT2D eigenvalue weighted by molar-refractivity contribution is -0.667. The van der Waals surface area contributed by atoms with Crippen LogP contribution in [0, 0.1) is 0 Å². The second-order valence-corrected chi connectivity index (χ2v) is 9.51. The second kappa shape index (κ2) is 7.45. The second-order valence-electron chi connectivity index (χ2n) is 5.82. The Morgan fingerprint density at radius 3 is 2.76 bits per heavy atom. The summed E-state index contributed by atoms with van der Waals surface area (Å²) in [6.07, 6.45) is 4.55. The van der Waals surface area contributed by atoms with E-state index in [9.17, 15) is 8.42 Å². The highest BCUT2D eigenvalue weighted by molar-refractivity contribution is 8.02. The van der Waals surface area contributed by atoms with Crippen molar-refractivity contribution >= 4 is 60.3 Å². The minimum Gasteiger partial charge on any atom is -0.286 e. The van der Waals surface area contributed by atoms with Gasteiger partial charge in [-0.25, -0.2) is 0 Å². The molecule has 3 aromatic rings. The maximum Gasteiger partial charge on any atom is 0.265 e. The molecule has 0 fully saturated rings. The van der Waals surface area contributed by atoms with E-state index in [0.717, 1.165) is 21.3 Å². The zero-order valence-corrected chi connectivity index (χ0v) is 16.5. The number of thiazole rings is 1. The number of hydrogen-bond donors (Lipinski definition) is 1. The molecule has 0 aliphatic heterocycles. The molecule has 0 saturated carbocycles. The summed E-state index contributed by atoms with van der Waals surface area (Å²) >= 11 is 3.39. The summed E-state index contributed by atoms with van der Waals surface area (Å²) in [5, 5.41) is 3.41. The van der Waals surface area contributed by atoms with Crippen LogP contribution in [0.25, 0.3) is 27.1 Å². The average Bonchev–Trinajstić information content (AvgIpc) is 2.91. The molecule has 0 saturated heterocycles. The standard InChI is InChI=1S/C18H19NO3S3/c1-13(23-2)12-17-19(10-5-11-25(20,21)22)18-15-7-4-3-6-14(15)8-9-16(18)24-17/h3-4,6-9,12H,5,10-11H2,1-2H3/p+1/b13-12-. The highest BCUT2D eigenvalue weighted by atomic mass is 32.2. The minimum atomic E-state index is -3.94. The van der Waals surface area contributed by atoms with Gasteiger partial charge in [0.1, 0.15) is 4.70 Å². The number of fused-ring (bicyclic) bond motifs is 3. The van der Waals surface area contributed by atoms with Gasteiger partial charge in [-0.05, 0) is 35.6 Å². The number of benzene rings is 2.